The Kier molecular flexibility index (Phi) is 6.61. The fraction of sp³-hybridized carbons (Fsp3) is 0.429. The summed E-state index contributed by atoms with van der Waals surface area (Å²) in [6.45, 7) is 5.96. The van der Waals surface area contributed by atoms with Gasteiger partial charge < -0.3 is 15.5 Å². The van der Waals surface area contributed by atoms with Crippen LogP contribution in [0, 0.1) is 5.92 Å². The van der Waals surface area contributed by atoms with Gasteiger partial charge in [-0.3, -0.25) is 9.78 Å². The zero-order valence-electron chi connectivity index (χ0n) is 15.4. The lowest BCUT2D eigenvalue weighted by Gasteiger charge is -2.32. The molecule has 1 fully saturated rings. The first kappa shape index (κ1) is 18.4. The Morgan fingerprint density at radius 1 is 1.12 bits per heavy atom. The molecule has 26 heavy (non-hydrogen) atoms. The lowest BCUT2D eigenvalue weighted by atomic mass is 9.99. The van der Waals surface area contributed by atoms with Crippen molar-refractivity contribution in [3.05, 3.63) is 54.4 Å². The third-order valence-corrected chi connectivity index (χ3v) is 4.91. The number of nitrogens with zero attached hydrogens (tertiary/aromatic N) is 2. The Bertz CT molecular complexity index is 679. The average molecular weight is 352 g/mol. The second kappa shape index (κ2) is 9.34. The number of nitrogens with one attached hydrogen (secondary N) is 2. The van der Waals surface area contributed by atoms with Crippen LogP contribution in [0.3, 0.4) is 0 Å². The van der Waals surface area contributed by atoms with Crippen molar-refractivity contribution in [2.24, 2.45) is 5.92 Å². The van der Waals surface area contributed by atoms with Gasteiger partial charge in [0, 0.05) is 56.4 Å². The number of piperidine rings is 1. The Morgan fingerprint density at radius 3 is 2.50 bits per heavy atom. The lowest BCUT2D eigenvalue weighted by Crippen LogP contribution is -2.32. The minimum atomic E-state index is 0.0341. The van der Waals surface area contributed by atoms with Gasteiger partial charge in [0.1, 0.15) is 0 Å². The van der Waals surface area contributed by atoms with Gasteiger partial charge >= 0.3 is 0 Å². The van der Waals surface area contributed by atoms with Gasteiger partial charge in [-0.2, -0.15) is 0 Å². The zero-order chi connectivity index (χ0) is 18.2. The molecule has 2 heterocycles. The number of anilines is 2. The summed E-state index contributed by atoms with van der Waals surface area (Å²) >= 11 is 0. The van der Waals surface area contributed by atoms with Crippen molar-refractivity contribution in [1.82, 2.24) is 10.3 Å². The van der Waals surface area contributed by atoms with E-state index in [4.69, 9.17) is 0 Å². The van der Waals surface area contributed by atoms with Gasteiger partial charge in [-0.05, 0) is 60.7 Å². The molecule has 0 unspecified atom stereocenters. The summed E-state index contributed by atoms with van der Waals surface area (Å²) in [5.41, 5.74) is 3.27. The molecule has 1 saturated heterocycles. The molecule has 1 aliphatic heterocycles. The van der Waals surface area contributed by atoms with E-state index in [-0.39, 0.29) is 5.91 Å². The molecule has 5 heteroatoms. The largest absolute Gasteiger partial charge is 0.372 e. The van der Waals surface area contributed by atoms with Gasteiger partial charge in [0.15, 0.2) is 0 Å². The van der Waals surface area contributed by atoms with E-state index < -0.39 is 0 Å². The maximum atomic E-state index is 12.1. The van der Waals surface area contributed by atoms with E-state index in [9.17, 15) is 4.79 Å². The molecule has 0 atom stereocenters. The van der Waals surface area contributed by atoms with E-state index >= 15 is 0 Å². The Hall–Kier alpha value is -2.40. The number of hydrogen-bond acceptors (Lipinski definition) is 4. The fourth-order valence-corrected chi connectivity index (χ4v) is 3.18. The van der Waals surface area contributed by atoms with Crippen LogP contribution in [-0.4, -0.2) is 30.5 Å². The van der Waals surface area contributed by atoms with Crippen LogP contribution in [0.15, 0.2) is 48.8 Å². The molecule has 1 amide bonds. The number of amides is 1. The maximum absolute atomic E-state index is 12.1. The summed E-state index contributed by atoms with van der Waals surface area (Å²) in [5, 5.41) is 6.25. The highest BCUT2D eigenvalue weighted by atomic mass is 16.1. The van der Waals surface area contributed by atoms with Crippen LogP contribution in [0.2, 0.25) is 0 Å². The topological polar surface area (TPSA) is 57.3 Å². The van der Waals surface area contributed by atoms with E-state index in [1.807, 2.05) is 24.3 Å². The normalized spacial score (nSPS) is 15.0. The zero-order valence-corrected chi connectivity index (χ0v) is 15.4. The quantitative estimate of drug-likeness (QED) is 0.750. The summed E-state index contributed by atoms with van der Waals surface area (Å²) in [4.78, 5) is 18.5. The molecular weight excluding hydrogens is 324 g/mol. The second-order valence-electron chi connectivity index (χ2n) is 7.05. The van der Waals surface area contributed by atoms with Crippen molar-refractivity contribution in [2.75, 3.05) is 29.9 Å². The molecule has 2 N–H and O–H groups in total. The van der Waals surface area contributed by atoms with Crippen molar-refractivity contribution in [1.29, 1.82) is 0 Å². The number of pyridine rings is 1. The Morgan fingerprint density at radius 2 is 1.81 bits per heavy atom. The lowest BCUT2D eigenvalue weighted by molar-refractivity contribution is -0.116. The molecule has 0 aliphatic carbocycles. The standard InChI is InChI=1S/C21H28N4O/c1-17-9-14-25(15-10-17)20-4-2-19(3-5-20)24-21(26)8-13-23-16-18-6-11-22-12-7-18/h2-7,11-12,17,23H,8-10,13-16H2,1H3,(H,24,26). The van der Waals surface area contributed by atoms with Crippen molar-refractivity contribution in [3.63, 3.8) is 0 Å². The van der Waals surface area contributed by atoms with Crippen LogP contribution in [0.4, 0.5) is 11.4 Å². The van der Waals surface area contributed by atoms with Gasteiger partial charge in [-0.15, -0.1) is 0 Å². The first-order valence-electron chi connectivity index (χ1n) is 9.45. The van der Waals surface area contributed by atoms with Crippen LogP contribution in [0.5, 0.6) is 0 Å². The third kappa shape index (κ3) is 5.56. The minimum Gasteiger partial charge on any atom is -0.372 e. The smallest absolute Gasteiger partial charge is 0.225 e. The summed E-state index contributed by atoms with van der Waals surface area (Å²) in [6.07, 6.45) is 6.52. The first-order valence-corrected chi connectivity index (χ1v) is 9.45. The van der Waals surface area contributed by atoms with Crippen LogP contribution >= 0.6 is 0 Å². The minimum absolute atomic E-state index is 0.0341. The van der Waals surface area contributed by atoms with E-state index in [1.165, 1.54) is 24.1 Å². The predicted octanol–water partition coefficient (Wildman–Crippen LogP) is 3.44. The molecule has 0 radical (unpaired) electrons. The van der Waals surface area contributed by atoms with E-state index in [2.05, 4.69) is 39.6 Å². The molecule has 138 valence electrons. The number of carbonyl (C=O) groups excluding carboxylic acids is 1. The van der Waals surface area contributed by atoms with Crippen LogP contribution in [-0.2, 0) is 11.3 Å². The van der Waals surface area contributed by atoms with Crippen LogP contribution in [0.1, 0.15) is 31.7 Å². The second-order valence-corrected chi connectivity index (χ2v) is 7.05. The highest BCUT2D eigenvalue weighted by molar-refractivity contribution is 5.91. The van der Waals surface area contributed by atoms with E-state index in [0.717, 1.165) is 31.2 Å². The molecule has 0 spiro atoms. The molecule has 0 bridgehead atoms. The fourth-order valence-electron chi connectivity index (χ4n) is 3.18. The molecule has 0 saturated carbocycles. The molecule has 5 nitrogen and oxygen atoms in total. The summed E-state index contributed by atoms with van der Waals surface area (Å²) in [5.74, 6) is 0.865. The molecule has 2 aromatic rings. The van der Waals surface area contributed by atoms with Gasteiger partial charge in [0.2, 0.25) is 5.91 Å². The SMILES string of the molecule is CC1CCN(c2ccc(NC(=O)CCNCc3ccncc3)cc2)CC1. The molecule has 1 aliphatic rings. The molecule has 1 aromatic heterocycles. The van der Waals surface area contributed by atoms with Gasteiger partial charge in [-0.25, -0.2) is 0 Å². The maximum Gasteiger partial charge on any atom is 0.225 e. The van der Waals surface area contributed by atoms with Crippen molar-refractivity contribution in [3.8, 4) is 0 Å². The number of hydrogen-bond donors (Lipinski definition) is 2. The molecule has 3 rings (SSSR count). The molecule has 1 aromatic carbocycles. The summed E-state index contributed by atoms with van der Waals surface area (Å²) in [6, 6.07) is 12.1. The van der Waals surface area contributed by atoms with Gasteiger partial charge in [0.25, 0.3) is 0 Å². The Labute approximate surface area is 155 Å². The first-order chi connectivity index (χ1) is 12.7. The monoisotopic (exact) mass is 352 g/mol. The van der Waals surface area contributed by atoms with Gasteiger partial charge in [-0.1, -0.05) is 6.92 Å². The van der Waals surface area contributed by atoms with Crippen LogP contribution < -0.4 is 15.5 Å². The number of aromatic nitrogens is 1. The van der Waals surface area contributed by atoms with E-state index in [1.54, 1.807) is 12.4 Å². The molecular formula is C21H28N4O. The van der Waals surface area contributed by atoms with Crippen molar-refractivity contribution < 1.29 is 4.79 Å². The van der Waals surface area contributed by atoms with Crippen LogP contribution in [0.25, 0.3) is 0 Å². The van der Waals surface area contributed by atoms with Crippen molar-refractivity contribution >= 4 is 17.3 Å². The Balaban J connectivity index is 1.38. The number of rotatable bonds is 7. The van der Waals surface area contributed by atoms with Crippen molar-refractivity contribution in [2.45, 2.75) is 32.7 Å². The van der Waals surface area contributed by atoms with Gasteiger partial charge in [0.05, 0.1) is 0 Å². The summed E-state index contributed by atoms with van der Waals surface area (Å²) in [7, 11) is 0. The average Bonchev–Trinajstić information content (AvgIpc) is 2.67. The predicted molar refractivity (Wildman–Crippen MR) is 106 cm³/mol. The van der Waals surface area contributed by atoms with E-state index in [0.29, 0.717) is 13.0 Å². The highest BCUT2D eigenvalue weighted by Crippen LogP contribution is 2.24. The third-order valence-electron chi connectivity index (χ3n) is 4.91. The summed E-state index contributed by atoms with van der Waals surface area (Å²) < 4.78 is 0. The number of benzene rings is 1. The highest BCUT2D eigenvalue weighted by Gasteiger charge is 2.15. The number of carbonyl (C=O) groups is 1.